The largest absolute Gasteiger partial charge is 0.457 e. The summed E-state index contributed by atoms with van der Waals surface area (Å²) >= 11 is 9.23. The van der Waals surface area contributed by atoms with Gasteiger partial charge in [0.2, 0.25) is 0 Å². The zero-order chi connectivity index (χ0) is 13.8. The third-order valence-corrected chi connectivity index (χ3v) is 3.55. The summed E-state index contributed by atoms with van der Waals surface area (Å²) in [5.41, 5.74) is 0.843. The molecule has 0 bridgehead atoms. The minimum Gasteiger partial charge on any atom is -0.457 e. The number of rotatable bonds is 4. The van der Waals surface area contributed by atoms with Gasteiger partial charge in [-0.2, -0.15) is 0 Å². The molecule has 2 nitrogen and oxygen atoms in total. The topological polar surface area (TPSA) is 21.3 Å². The molecule has 0 aliphatic heterocycles. The predicted octanol–water partition coefficient (Wildman–Crippen LogP) is 4.75. The summed E-state index contributed by atoms with van der Waals surface area (Å²) in [6.45, 7) is 0.577. The summed E-state index contributed by atoms with van der Waals surface area (Å²) < 4.78 is 19.5. The molecular formula is C14H12BrClFNO. The van der Waals surface area contributed by atoms with Gasteiger partial charge in [0.15, 0.2) is 0 Å². The van der Waals surface area contributed by atoms with Crippen molar-refractivity contribution in [2.45, 2.75) is 6.54 Å². The van der Waals surface area contributed by atoms with Crippen LogP contribution in [0.2, 0.25) is 5.02 Å². The number of halogens is 3. The van der Waals surface area contributed by atoms with Gasteiger partial charge in [-0.3, -0.25) is 0 Å². The summed E-state index contributed by atoms with van der Waals surface area (Å²) in [5, 5.41) is 3.64. The minimum atomic E-state index is -0.366. The Bertz CT molecular complexity index is 592. The van der Waals surface area contributed by atoms with Crippen molar-refractivity contribution in [1.29, 1.82) is 0 Å². The minimum absolute atomic E-state index is 0.366. The molecule has 0 aliphatic carbocycles. The van der Waals surface area contributed by atoms with Crippen LogP contribution in [0.3, 0.4) is 0 Å². The molecule has 2 rings (SSSR count). The highest BCUT2D eigenvalue weighted by Gasteiger charge is 2.09. The van der Waals surface area contributed by atoms with Crippen molar-refractivity contribution in [2.24, 2.45) is 0 Å². The van der Waals surface area contributed by atoms with Gasteiger partial charge in [-0.1, -0.05) is 17.7 Å². The van der Waals surface area contributed by atoms with Crippen molar-refractivity contribution in [3.8, 4) is 11.5 Å². The van der Waals surface area contributed by atoms with Crippen molar-refractivity contribution in [3.05, 3.63) is 57.3 Å². The molecule has 0 saturated carbocycles. The van der Waals surface area contributed by atoms with Gasteiger partial charge in [-0.05, 0) is 47.2 Å². The van der Waals surface area contributed by atoms with E-state index in [4.69, 9.17) is 16.3 Å². The van der Waals surface area contributed by atoms with Gasteiger partial charge in [0.1, 0.15) is 17.3 Å². The highest BCUT2D eigenvalue weighted by atomic mass is 79.9. The van der Waals surface area contributed by atoms with Crippen molar-refractivity contribution in [2.75, 3.05) is 7.05 Å². The van der Waals surface area contributed by atoms with Gasteiger partial charge in [0.05, 0.1) is 4.47 Å². The van der Waals surface area contributed by atoms with Crippen LogP contribution in [0.5, 0.6) is 11.5 Å². The molecule has 0 atom stereocenters. The first kappa shape index (κ1) is 14.3. The second-order valence-corrected chi connectivity index (χ2v) is 5.19. The summed E-state index contributed by atoms with van der Waals surface area (Å²) in [4.78, 5) is 0. The van der Waals surface area contributed by atoms with Crippen LogP contribution in [0, 0.1) is 5.82 Å². The van der Waals surface area contributed by atoms with Gasteiger partial charge in [0, 0.05) is 23.2 Å². The van der Waals surface area contributed by atoms with E-state index < -0.39 is 0 Å². The average molecular weight is 345 g/mol. The third kappa shape index (κ3) is 3.47. The zero-order valence-electron chi connectivity index (χ0n) is 10.2. The lowest BCUT2D eigenvalue weighted by Gasteiger charge is -2.12. The molecule has 0 saturated heterocycles. The van der Waals surface area contributed by atoms with Crippen LogP contribution in [0.1, 0.15) is 5.56 Å². The van der Waals surface area contributed by atoms with E-state index in [0.717, 1.165) is 5.56 Å². The summed E-state index contributed by atoms with van der Waals surface area (Å²) in [7, 11) is 1.83. The second-order valence-electron chi connectivity index (χ2n) is 3.92. The van der Waals surface area contributed by atoms with E-state index in [1.54, 1.807) is 30.3 Å². The Morgan fingerprint density at radius 3 is 2.79 bits per heavy atom. The summed E-state index contributed by atoms with van der Waals surface area (Å²) in [5.74, 6) is 0.679. The Balaban J connectivity index is 2.32. The molecule has 100 valence electrons. The van der Waals surface area contributed by atoms with Crippen molar-refractivity contribution >= 4 is 27.5 Å². The first-order valence-electron chi connectivity index (χ1n) is 5.66. The molecule has 1 N–H and O–H groups in total. The van der Waals surface area contributed by atoms with Gasteiger partial charge in [-0.15, -0.1) is 0 Å². The molecule has 0 radical (unpaired) electrons. The normalized spacial score (nSPS) is 10.5. The highest BCUT2D eigenvalue weighted by molar-refractivity contribution is 9.10. The summed E-state index contributed by atoms with van der Waals surface area (Å²) in [6.07, 6.45) is 0. The van der Waals surface area contributed by atoms with E-state index in [1.807, 2.05) is 7.05 Å². The molecule has 0 aliphatic rings. The highest BCUT2D eigenvalue weighted by Crippen LogP contribution is 2.31. The van der Waals surface area contributed by atoms with Crippen LogP contribution < -0.4 is 10.1 Å². The van der Waals surface area contributed by atoms with Crippen LogP contribution in [-0.4, -0.2) is 7.05 Å². The maximum atomic E-state index is 13.4. The van der Waals surface area contributed by atoms with Gasteiger partial charge in [0.25, 0.3) is 0 Å². The first-order valence-corrected chi connectivity index (χ1v) is 6.84. The fraction of sp³-hybridized carbons (Fsp3) is 0.143. The Hall–Kier alpha value is -1.10. The zero-order valence-corrected chi connectivity index (χ0v) is 12.6. The van der Waals surface area contributed by atoms with Crippen molar-refractivity contribution < 1.29 is 9.13 Å². The summed E-state index contributed by atoms with van der Waals surface area (Å²) in [6, 6.07) is 10.0. The third-order valence-electron chi connectivity index (χ3n) is 2.55. The number of benzene rings is 2. The average Bonchev–Trinajstić information content (AvgIpc) is 2.38. The molecule has 2 aromatic rings. The lowest BCUT2D eigenvalue weighted by molar-refractivity contribution is 0.468. The van der Waals surface area contributed by atoms with E-state index >= 15 is 0 Å². The lowest BCUT2D eigenvalue weighted by atomic mass is 10.2. The molecule has 0 amide bonds. The molecule has 5 heteroatoms. The van der Waals surface area contributed by atoms with Gasteiger partial charge >= 0.3 is 0 Å². The fourth-order valence-electron chi connectivity index (χ4n) is 1.65. The van der Waals surface area contributed by atoms with Crippen molar-refractivity contribution in [1.82, 2.24) is 5.32 Å². The predicted molar refractivity (Wildman–Crippen MR) is 78.4 cm³/mol. The standard InChI is InChI=1S/C14H12BrClFNO/c1-18-8-10-12(16)3-2-4-14(10)19-9-5-6-11(15)13(17)7-9/h2-7,18H,8H2,1H3. The Kier molecular flexibility index (Phi) is 4.80. The maximum Gasteiger partial charge on any atom is 0.141 e. The maximum absolute atomic E-state index is 13.4. The van der Waals surface area contributed by atoms with Crippen LogP contribution >= 0.6 is 27.5 Å². The molecule has 2 aromatic carbocycles. The molecule has 0 aromatic heterocycles. The number of nitrogens with one attached hydrogen (secondary N) is 1. The quantitative estimate of drug-likeness (QED) is 0.864. The fourth-order valence-corrected chi connectivity index (χ4v) is 2.13. The number of ether oxygens (including phenoxy) is 1. The Morgan fingerprint density at radius 1 is 1.32 bits per heavy atom. The van der Waals surface area contributed by atoms with Gasteiger partial charge in [-0.25, -0.2) is 4.39 Å². The number of hydrogen-bond acceptors (Lipinski definition) is 2. The lowest BCUT2D eigenvalue weighted by Crippen LogP contribution is -2.07. The Morgan fingerprint density at radius 2 is 2.11 bits per heavy atom. The Labute approximate surface area is 124 Å². The van der Waals surface area contributed by atoms with Crippen LogP contribution in [0.25, 0.3) is 0 Å². The molecule has 0 heterocycles. The molecule has 0 fully saturated rings. The van der Waals surface area contributed by atoms with E-state index in [1.165, 1.54) is 6.07 Å². The van der Waals surface area contributed by atoms with Crippen molar-refractivity contribution in [3.63, 3.8) is 0 Å². The van der Waals surface area contributed by atoms with Crippen LogP contribution in [0.15, 0.2) is 40.9 Å². The van der Waals surface area contributed by atoms with Crippen LogP contribution in [0.4, 0.5) is 4.39 Å². The van der Waals surface area contributed by atoms with E-state index in [9.17, 15) is 4.39 Å². The molecular weight excluding hydrogens is 333 g/mol. The van der Waals surface area contributed by atoms with Gasteiger partial charge < -0.3 is 10.1 Å². The van der Waals surface area contributed by atoms with E-state index in [0.29, 0.717) is 27.5 Å². The second kappa shape index (κ2) is 6.37. The van der Waals surface area contributed by atoms with E-state index in [-0.39, 0.29) is 5.82 Å². The van der Waals surface area contributed by atoms with Crippen LogP contribution in [-0.2, 0) is 6.54 Å². The number of hydrogen-bond donors (Lipinski definition) is 1. The molecule has 0 spiro atoms. The smallest absolute Gasteiger partial charge is 0.141 e. The SMILES string of the molecule is CNCc1c(Cl)cccc1Oc1ccc(Br)c(F)c1. The molecule has 19 heavy (non-hydrogen) atoms. The monoisotopic (exact) mass is 343 g/mol. The van der Waals surface area contributed by atoms with E-state index in [2.05, 4.69) is 21.2 Å². The first-order chi connectivity index (χ1) is 9.11. The molecule has 0 unspecified atom stereocenters.